The zero-order chi connectivity index (χ0) is 11.1. The van der Waals surface area contributed by atoms with Crippen LogP contribution in [0.1, 0.15) is 31.9 Å². The van der Waals surface area contributed by atoms with E-state index in [9.17, 15) is 4.79 Å². The third kappa shape index (κ3) is 1.82. The minimum Gasteiger partial charge on any atom is -0.298 e. The Bertz CT molecular complexity index is 395. The monoisotopic (exact) mass is 203 g/mol. The van der Waals surface area contributed by atoms with Crippen molar-refractivity contribution in [2.45, 2.75) is 38.8 Å². The van der Waals surface area contributed by atoms with Crippen molar-refractivity contribution in [2.24, 2.45) is 0 Å². The molecule has 1 aromatic carbocycles. The molecule has 1 N–H and O–H groups in total. The van der Waals surface area contributed by atoms with E-state index in [2.05, 4.69) is 37.4 Å². The fourth-order valence-electron chi connectivity index (χ4n) is 2.34. The van der Waals surface area contributed by atoms with Crippen LogP contribution in [-0.2, 0) is 16.8 Å². The van der Waals surface area contributed by atoms with E-state index in [-0.39, 0.29) is 17.4 Å². The molecular weight excluding hydrogens is 186 g/mol. The summed E-state index contributed by atoms with van der Waals surface area (Å²) in [5.41, 5.74) is 2.49. The van der Waals surface area contributed by atoms with Gasteiger partial charge in [0.1, 0.15) is 5.78 Å². The molecule has 0 aromatic heterocycles. The molecule has 1 aliphatic rings. The Morgan fingerprint density at radius 3 is 2.73 bits per heavy atom. The number of ketones is 1. The molecule has 1 atom stereocenters. The summed E-state index contributed by atoms with van der Waals surface area (Å²) >= 11 is 0. The number of nitrogens with one attached hydrogen (secondary N) is 1. The average molecular weight is 203 g/mol. The van der Waals surface area contributed by atoms with E-state index in [1.807, 2.05) is 6.07 Å². The van der Waals surface area contributed by atoms with Crippen LogP contribution in [-0.4, -0.2) is 11.8 Å². The van der Waals surface area contributed by atoms with Gasteiger partial charge >= 0.3 is 0 Å². The molecule has 0 amide bonds. The predicted octanol–water partition coefficient (Wildman–Crippen LogP) is 2.02. The van der Waals surface area contributed by atoms with Crippen LogP contribution >= 0.6 is 0 Å². The molecule has 0 fully saturated rings. The largest absolute Gasteiger partial charge is 0.298 e. The van der Waals surface area contributed by atoms with Gasteiger partial charge in [-0.3, -0.25) is 10.1 Å². The molecule has 0 spiro atoms. The molecule has 2 rings (SSSR count). The summed E-state index contributed by atoms with van der Waals surface area (Å²) in [6.07, 6.45) is 0.814. The molecular formula is C13H17NO. The Morgan fingerprint density at radius 1 is 1.40 bits per heavy atom. The van der Waals surface area contributed by atoms with Crippen molar-refractivity contribution >= 4 is 5.78 Å². The van der Waals surface area contributed by atoms with E-state index >= 15 is 0 Å². The molecule has 0 saturated carbocycles. The molecule has 1 aromatic rings. The molecule has 0 aliphatic carbocycles. The van der Waals surface area contributed by atoms with E-state index in [4.69, 9.17) is 0 Å². The standard InChI is InChI=1S/C13H17NO/c1-9(15)12-8-10-6-4-5-7-11(10)13(2,3)14-12/h4-7,12,14H,8H2,1-3H3. The molecule has 1 heterocycles. The topological polar surface area (TPSA) is 29.1 Å². The van der Waals surface area contributed by atoms with Gasteiger partial charge in [0.25, 0.3) is 0 Å². The van der Waals surface area contributed by atoms with Gasteiger partial charge in [-0.25, -0.2) is 0 Å². The lowest BCUT2D eigenvalue weighted by atomic mass is 9.82. The number of carbonyl (C=O) groups is 1. The van der Waals surface area contributed by atoms with Crippen LogP contribution in [0.4, 0.5) is 0 Å². The van der Waals surface area contributed by atoms with Crippen molar-refractivity contribution in [1.82, 2.24) is 5.32 Å². The molecule has 80 valence electrons. The quantitative estimate of drug-likeness (QED) is 0.756. The number of benzene rings is 1. The normalized spacial score (nSPS) is 23.3. The highest BCUT2D eigenvalue weighted by molar-refractivity contribution is 5.82. The number of hydrogen-bond acceptors (Lipinski definition) is 2. The number of carbonyl (C=O) groups excluding carboxylic acids is 1. The Morgan fingerprint density at radius 2 is 2.07 bits per heavy atom. The fraction of sp³-hybridized carbons (Fsp3) is 0.462. The fourth-order valence-corrected chi connectivity index (χ4v) is 2.34. The molecule has 1 unspecified atom stereocenters. The lowest BCUT2D eigenvalue weighted by Crippen LogP contribution is -2.52. The first-order valence-corrected chi connectivity index (χ1v) is 5.37. The molecule has 15 heavy (non-hydrogen) atoms. The zero-order valence-electron chi connectivity index (χ0n) is 9.50. The summed E-state index contributed by atoms with van der Waals surface area (Å²) in [5, 5.41) is 3.40. The Balaban J connectivity index is 2.43. The van der Waals surface area contributed by atoms with Crippen LogP contribution in [0.25, 0.3) is 0 Å². The zero-order valence-corrected chi connectivity index (χ0v) is 9.50. The molecule has 1 aliphatic heterocycles. The highest BCUT2D eigenvalue weighted by Crippen LogP contribution is 2.29. The number of hydrogen-bond donors (Lipinski definition) is 1. The Labute approximate surface area is 90.7 Å². The van der Waals surface area contributed by atoms with Crippen LogP contribution < -0.4 is 5.32 Å². The van der Waals surface area contributed by atoms with Gasteiger partial charge in [0.15, 0.2) is 0 Å². The van der Waals surface area contributed by atoms with Gasteiger partial charge in [0.05, 0.1) is 6.04 Å². The first-order chi connectivity index (χ1) is 7.00. The van der Waals surface area contributed by atoms with Crippen LogP contribution in [0.2, 0.25) is 0 Å². The maximum Gasteiger partial charge on any atom is 0.147 e. The SMILES string of the molecule is CC(=O)C1Cc2ccccc2C(C)(C)N1. The van der Waals surface area contributed by atoms with Crippen LogP contribution in [0.15, 0.2) is 24.3 Å². The van der Waals surface area contributed by atoms with Crippen molar-refractivity contribution in [1.29, 1.82) is 0 Å². The Hall–Kier alpha value is -1.15. The summed E-state index contributed by atoms with van der Waals surface area (Å²) in [4.78, 5) is 11.4. The van der Waals surface area contributed by atoms with E-state index in [0.717, 1.165) is 6.42 Å². The lowest BCUT2D eigenvalue weighted by Gasteiger charge is -2.38. The molecule has 2 heteroatoms. The minimum atomic E-state index is -0.106. The van der Waals surface area contributed by atoms with Gasteiger partial charge in [-0.15, -0.1) is 0 Å². The maximum absolute atomic E-state index is 11.4. The third-order valence-corrected chi connectivity index (χ3v) is 3.14. The summed E-state index contributed by atoms with van der Waals surface area (Å²) in [6, 6.07) is 8.32. The highest BCUT2D eigenvalue weighted by atomic mass is 16.1. The molecule has 2 nitrogen and oxygen atoms in total. The first kappa shape index (κ1) is 10.4. The second-order valence-corrected chi connectivity index (χ2v) is 4.79. The van der Waals surface area contributed by atoms with Crippen molar-refractivity contribution < 1.29 is 4.79 Å². The number of Topliss-reactive ketones (excluding diaryl/α,β-unsaturated/α-hetero) is 1. The van der Waals surface area contributed by atoms with Gasteiger partial charge in [-0.1, -0.05) is 24.3 Å². The van der Waals surface area contributed by atoms with Crippen molar-refractivity contribution in [2.75, 3.05) is 0 Å². The molecule has 0 radical (unpaired) electrons. The summed E-state index contributed by atoms with van der Waals surface area (Å²) < 4.78 is 0. The predicted molar refractivity (Wildman–Crippen MR) is 60.8 cm³/mol. The summed E-state index contributed by atoms with van der Waals surface area (Å²) in [7, 11) is 0. The van der Waals surface area contributed by atoms with Gasteiger partial charge in [0, 0.05) is 5.54 Å². The van der Waals surface area contributed by atoms with E-state index in [1.165, 1.54) is 11.1 Å². The van der Waals surface area contributed by atoms with Gasteiger partial charge in [0.2, 0.25) is 0 Å². The van der Waals surface area contributed by atoms with Crippen LogP contribution in [0.3, 0.4) is 0 Å². The van der Waals surface area contributed by atoms with Crippen molar-refractivity contribution in [3.63, 3.8) is 0 Å². The molecule has 0 bridgehead atoms. The number of fused-ring (bicyclic) bond motifs is 1. The maximum atomic E-state index is 11.4. The summed E-state index contributed by atoms with van der Waals surface area (Å²) in [5.74, 6) is 0.220. The van der Waals surface area contributed by atoms with E-state index in [0.29, 0.717) is 0 Å². The van der Waals surface area contributed by atoms with Crippen LogP contribution in [0.5, 0.6) is 0 Å². The summed E-state index contributed by atoms with van der Waals surface area (Å²) in [6.45, 7) is 5.91. The highest BCUT2D eigenvalue weighted by Gasteiger charge is 2.33. The van der Waals surface area contributed by atoms with Crippen molar-refractivity contribution in [3.8, 4) is 0 Å². The number of rotatable bonds is 1. The molecule has 0 saturated heterocycles. The van der Waals surface area contributed by atoms with Gasteiger partial charge < -0.3 is 0 Å². The first-order valence-electron chi connectivity index (χ1n) is 5.37. The second kappa shape index (κ2) is 3.46. The second-order valence-electron chi connectivity index (χ2n) is 4.79. The third-order valence-electron chi connectivity index (χ3n) is 3.14. The van der Waals surface area contributed by atoms with Gasteiger partial charge in [-0.2, -0.15) is 0 Å². The van der Waals surface area contributed by atoms with E-state index < -0.39 is 0 Å². The smallest absolute Gasteiger partial charge is 0.147 e. The Kier molecular flexibility index (Phi) is 2.39. The van der Waals surface area contributed by atoms with Crippen LogP contribution in [0, 0.1) is 0 Å². The van der Waals surface area contributed by atoms with Crippen molar-refractivity contribution in [3.05, 3.63) is 35.4 Å². The average Bonchev–Trinajstić information content (AvgIpc) is 2.16. The van der Waals surface area contributed by atoms with Gasteiger partial charge in [-0.05, 0) is 38.3 Å². The lowest BCUT2D eigenvalue weighted by molar-refractivity contribution is -0.119. The van der Waals surface area contributed by atoms with E-state index in [1.54, 1.807) is 6.92 Å². The minimum absolute atomic E-state index is 0.0325.